The van der Waals surface area contributed by atoms with Crippen molar-refractivity contribution >= 4 is 33.1 Å². The van der Waals surface area contributed by atoms with Crippen molar-refractivity contribution in [1.29, 1.82) is 0 Å². The van der Waals surface area contributed by atoms with E-state index in [4.69, 9.17) is 9.47 Å². The molecule has 0 fully saturated rings. The minimum atomic E-state index is -0.189. The second kappa shape index (κ2) is 6.03. The number of ether oxygens (including phenoxy) is 2. The fourth-order valence-corrected chi connectivity index (χ4v) is 2.80. The van der Waals surface area contributed by atoms with Crippen LogP contribution in [0.15, 0.2) is 41.9 Å². The van der Waals surface area contributed by atoms with E-state index in [1.165, 1.54) is 11.3 Å². The molecule has 0 saturated carbocycles. The highest BCUT2D eigenvalue weighted by atomic mass is 32.1. The van der Waals surface area contributed by atoms with Crippen molar-refractivity contribution in [2.75, 3.05) is 19.5 Å². The molecule has 0 unspecified atom stereocenters. The second-order valence-electron chi connectivity index (χ2n) is 4.59. The van der Waals surface area contributed by atoms with Gasteiger partial charge in [-0.1, -0.05) is 0 Å². The van der Waals surface area contributed by atoms with Crippen LogP contribution in [0.1, 0.15) is 10.4 Å². The van der Waals surface area contributed by atoms with Gasteiger partial charge in [0.25, 0.3) is 5.91 Å². The molecule has 0 saturated heterocycles. The number of hydrogen-bond acceptors (Lipinski definition) is 5. The van der Waals surface area contributed by atoms with Crippen LogP contribution in [-0.4, -0.2) is 25.1 Å². The normalized spacial score (nSPS) is 10.5. The smallest absolute Gasteiger partial charge is 0.255 e. The first-order chi connectivity index (χ1) is 10.7. The van der Waals surface area contributed by atoms with Crippen LogP contribution in [0.3, 0.4) is 0 Å². The molecule has 0 spiro atoms. The van der Waals surface area contributed by atoms with Crippen LogP contribution in [0.25, 0.3) is 10.2 Å². The first-order valence-corrected chi connectivity index (χ1v) is 7.45. The molecule has 0 bridgehead atoms. The van der Waals surface area contributed by atoms with E-state index >= 15 is 0 Å². The first-order valence-electron chi connectivity index (χ1n) is 6.57. The monoisotopic (exact) mass is 314 g/mol. The molecule has 3 aromatic rings. The van der Waals surface area contributed by atoms with Gasteiger partial charge in [-0.15, -0.1) is 11.3 Å². The molecular weight excluding hydrogens is 300 g/mol. The number of nitrogens with zero attached hydrogens (tertiary/aromatic N) is 1. The number of rotatable bonds is 4. The van der Waals surface area contributed by atoms with Gasteiger partial charge in [0.2, 0.25) is 0 Å². The Morgan fingerprint density at radius 2 is 1.82 bits per heavy atom. The average Bonchev–Trinajstić information content (AvgIpc) is 3.01. The number of fused-ring (bicyclic) bond motifs is 1. The van der Waals surface area contributed by atoms with Crippen LogP contribution >= 0.6 is 11.3 Å². The summed E-state index contributed by atoms with van der Waals surface area (Å²) in [6, 6.07) is 10.7. The van der Waals surface area contributed by atoms with E-state index in [0.29, 0.717) is 22.7 Å². The number of hydrogen-bond donors (Lipinski definition) is 1. The molecule has 1 N–H and O–H groups in total. The predicted molar refractivity (Wildman–Crippen MR) is 87.1 cm³/mol. The van der Waals surface area contributed by atoms with Gasteiger partial charge >= 0.3 is 0 Å². The number of nitrogens with one attached hydrogen (secondary N) is 1. The summed E-state index contributed by atoms with van der Waals surface area (Å²) in [5.41, 5.74) is 3.85. The molecule has 1 heterocycles. The molecule has 5 nitrogen and oxygen atoms in total. The van der Waals surface area contributed by atoms with Gasteiger partial charge in [-0.2, -0.15) is 0 Å². The number of aromatic nitrogens is 1. The number of amides is 1. The number of methoxy groups -OCH3 is 2. The second-order valence-corrected chi connectivity index (χ2v) is 5.48. The van der Waals surface area contributed by atoms with E-state index in [1.54, 1.807) is 44.0 Å². The molecule has 22 heavy (non-hydrogen) atoms. The molecule has 0 aliphatic carbocycles. The van der Waals surface area contributed by atoms with Gasteiger partial charge in [0, 0.05) is 29.4 Å². The van der Waals surface area contributed by atoms with Crippen LogP contribution in [0, 0.1) is 0 Å². The maximum atomic E-state index is 12.4. The zero-order valence-electron chi connectivity index (χ0n) is 12.1. The number of thiazole rings is 1. The van der Waals surface area contributed by atoms with Crippen molar-refractivity contribution in [2.45, 2.75) is 0 Å². The molecular formula is C16H14N2O3S. The third-order valence-corrected chi connectivity index (χ3v) is 3.99. The van der Waals surface area contributed by atoms with Crippen molar-refractivity contribution in [3.05, 3.63) is 47.5 Å². The van der Waals surface area contributed by atoms with Crippen LogP contribution < -0.4 is 14.8 Å². The molecule has 0 aliphatic rings. The van der Waals surface area contributed by atoms with E-state index in [-0.39, 0.29) is 5.91 Å². The third kappa shape index (κ3) is 2.87. The third-order valence-electron chi connectivity index (χ3n) is 3.20. The van der Waals surface area contributed by atoms with Gasteiger partial charge in [-0.3, -0.25) is 4.79 Å². The summed E-state index contributed by atoms with van der Waals surface area (Å²) in [7, 11) is 3.14. The van der Waals surface area contributed by atoms with Gasteiger partial charge in [0.15, 0.2) is 0 Å². The zero-order chi connectivity index (χ0) is 15.5. The molecule has 1 amide bonds. The van der Waals surface area contributed by atoms with Gasteiger partial charge in [-0.05, 0) is 18.2 Å². The Bertz CT molecular complexity index is 807. The van der Waals surface area contributed by atoms with E-state index in [2.05, 4.69) is 10.3 Å². The standard InChI is InChI=1S/C16H14N2O3S/c1-20-12-6-11(7-13(8-12)21-2)18-16(19)10-3-4-14-15(5-10)22-9-17-14/h3-9H,1-2H3,(H,18,19). The topological polar surface area (TPSA) is 60.5 Å². The SMILES string of the molecule is COc1cc(NC(=O)c2ccc3ncsc3c2)cc(OC)c1. The summed E-state index contributed by atoms with van der Waals surface area (Å²) >= 11 is 1.51. The average molecular weight is 314 g/mol. The van der Waals surface area contributed by atoms with Crippen LogP contribution in [-0.2, 0) is 0 Å². The summed E-state index contributed by atoms with van der Waals surface area (Å²) in [4.78, 5) is 16.6. The van der Waals surface area contributed by atoms with E-state index < -0.39 is 0 Å². The maximum Gasteiger partial charge on any atom is 0.255 e. The molecule has 0 atom stereocenters. The van der Waals surface area contributed by atoms with Crippen LogP contribution in [0.2, 0.25) is 0 Å². The Labute approximate surface area is 131 Å². The zero-order valence-corrected chi connectivity index (χ0v) is 12.9. The summed E-state index contributed by atoms with van der Waals surface area (Å²) in [6.45, 7) is 0. The highest BCUT2D eigenvalue weighted by Gasteiger charge is 2.10. The van der Waals surface area contributed by atoms with E-state index in [1.807, 2.05) is 12.1 Å². The number of anilines is 1. The molecule has 1 aromatic heterocycles. The first kappa shape index (κ1) is 14.3. The largest absolute Gasteiger partial charge is 0.497 e. The predicted octanol–water partition coefficient (Wildman–Crippen LogP) is 3.57. The Morgan fingerprint density at radius 1 is 1.09 bits per heavy atom. The van der Waals surface area contributed by atoms with Crippen LogP contribution in [0.5, 0.6) is 11.5 Å². The quantitative estimate of drug-likeness (QED) is 0.800. The van der Waals surface area contributed by atoms with Crippen molar-refractivity contribution < 1.29 is 14.3 Å². The molecule has 3 rings (SSSR count). The fraction of sp³-hybridized carbons (Fsp3) is 0.125. The lowest BCUT2D eigenvalue weighted by Crippen LogP contribution is -2.11. The van der Waals surface area contributed by atoms with Gasteiger partial charge in [0.05, 0.1) is 29.9 Å². The van der Waals surface area contributed by atoms with Crippen molar-refractivity contribution in [3.8, 4) is 11.5 Å². The Hall–Kier alpha value is -2.60. The molecule has 0 aliphatic heterocycles. The lowest BCUT2D eigenvalue weighted by molar-refractivity contribution is 0.102. The highest BCUT2D eigenvalue weighted by Crippen LogP contribution is 2.26. The van der Waals surface area contributed by atoms with E-state index in [0.717, 1.165) is 10.2 Å². The summed E-state index contributed by atoms with van der Waals surface area (Å²) in [6.07, 6.45) is 0. The molecule has 112 valence electrons. The Morgan fingerprint density at radius 3 is 2.50 bits per heavy atom. The van der Waals surface area contributed by atoms with E-state index in [9.17, 15) is 4.79 Å². The maximum absolute atomic E-state index is 12.4. The Kier molecular flexibility index (Phi) is 3.93. The number of benzene rings is 2. The minimum Gasteiger partial charge on any atom is -0.497 e. The van der Waals surface area contributed by atoms with Crippen molar-refractivity contribution in [2.24, 2.45) is 0 Å². The molecule has 0 radical (unpaired) electrons. The summed E-state index contributed by atoms with van der Waals surface area (Å²) in [5.74, 6) is 1.05. The lowest BCUT2D eigenvalue weighted by atomic mass is 10.2. The van der Waals surface area contributed by atoms with Crippen LogP contribution in [0.4, 0.5) is 5.69 Å². The number of carbonyl (C=O) groups is 1. The van der Waals surface area contributed by atoms with Gasteiger partial charge in [-0.25, -0.2) is 4.98 Å². The lowest BCUT2D eigenvalue weighted by Gasteiger charge is -2.10. The molecule has 2 aromatic carbocycles. The summed E-state index contributed by atoms with van der Waals surface area (Å²) in [5, 5.41) is 2.85. The minimum absolute atomic E-state index is 0.189. The summed E-state index contributed by atoms with van der Waals surface area (Å²) < 4.78 is 11.4. The highest BCUT2D eigenvalue weighted by molar-refractivity contribution is 7.16. The Balaban J connectivity index is 1.86. The van der Waals surface area contributed by atoms with Gasteiger partial charge in [0.1, 0.15) is 11.5 Å². The van der Waals surface area contributed by atoms with Gasteiger partial charge < -0.3 is 14.8 Å². The fourth-order valence-electron chi connectivity index (χ4n) is 2.08. The molecule has 6 heteroatoms. The number of carbonyl (C=O) groups excluding carboxylic acids is 1. The van der Waals surface area contributed by atoms with Crippen molar-refractivity contribution in [1.82, 2.24) is 4.98 Å². The van der Waals surface area contributed by atoms with Crippen molar-refractivity contribution in [3.63, 3.8) is 0 Å².